The number of fused-ring (bicyclic) bond motifs is 9. The predicted molar refractivity (Wildman–Crippen MR) is 243 cm³/mol. The summed E-state index contributed by atoms with van der Waals surface area (Å²) in [6, 6.07) is 58.6. The van der Waals surface area contributed by atoms with Crippen LogP contribution in [0, 0.1) is 0 Å². The summed E-state index contributed by atoms with van der Waals surface area (Å²) in [5.41, 5.74) is 13.8. The maximum absolute atomic E-state index is 6.32. The van der Waals surface area contributed by atoms with Crippen molar-refractivity contribution in [2.24, 2.45) is 0 Å². The highest BCUT2D eigenvalue weighted by Gasteiger charge is 2.18. The number of hydrogen-bond acceptors (Lipinski definition) is 5. The van der Waals surface area contributed by atoms with Gasteiger partial charge in [0.15, 0.2) is 0 Å². The number of para-hydroxylation sites is 1. The number of pyridine rings is 1. The summed E-state index contributed by atoms with van der Waals surface area (Å²) in [6.45, 7) is 0. The summed E-state index contributed by atoms with van der Waals surface area (Å²) >= 11 is 1.82. The Labute approximate surface area is 338 Å². The van der Waals surface area contributed by atoms with Crippen LogP contribution in [0.1, 0.15) is 17.7 Å². The van der Waals surface area contributed by atoms with Crippen LogP contribution in [0.15, 0.2) is 185 Å². The molecule has 0 aliphatic heterocycles. The summed E-state index contributed by atoms with van der Waals surface area (Å²) in [6.07, 6.45) is 8.35. The highest BCUT2D eigenvalue weighted by atomic mass is 32.1. The fourth-order valence-electron chi connectivity index (χ4n) is 8.75. The van der Waals surface area contributed by atoms with Crippen LogP contribution in [0.3, 0.4) is 0 Å². The van der Waals surface area contributed by atoms with E-state index in [1.165, 1.54) is 31.1 Å². The Kier molecular flexibility index (Phi) is 7.50. The fourth-order valence-corrected chi connectivity index (χ4v) is 9.85. The Hall–Kier alpha value is -7.21. The zero-order valence-corrected chi connectivity index (χ0v) is 32.2. The second kappa shape index (κ2) is 13.2. The van der Waals surface area contributed by atoms with Crippen LogP contribution in [0.2, 0.25) is 0 Å². The number of hydrogen-bond donors (Lipinski definition) is 0. The predicted octanol–water partition coefficient (Wildman–Crippen LogP) is 15.5. The maximum Gasteiger partial charge on any atom is 0.136 e. The summed E-state index contributed by atoms with van der Waals surface area (Å²) in [4.78, 5) is 7.24. The van der Waals surface area contributed by atoms with Gasteiger partial charge >= 0.3 is 0 Å². The van der Waals surface area contributed by atoms with E-state index in [1.807, 2.05) is 29.7 Å². The lowest BCUT2D eigenvalue weighted by Gasteiger charge is -2.26. The van der Waals surface area contributed by atoms with Gasteiger partial charge in [-0.3, -0.25) is 4.98 Å². The van der Waals surface area contributed by atoms with Crippen molar-refractivity contribution in [1.29, 1.82) is 0 Å². The standard InChI is InChI=1S/C53H34N2O2S/c1-4-10-46-41(7-1)43-27-19-36(31-48(43)56-46)33-13-21-38(22-14-33)55(39-23-15-34(16-24-39)37-20-28-44-42-8-2-5-11-47(42)57-49(44)32-37)40-25-17-35(18-26-40)53-52-45-9-3-6-12-50(45)58-51(52)29-30-54-53/h1-4,6-10,12-32H,5,11H2. The molecule has 0 atom stereocenters. The first-order valence-corrected chi connectivity index (χ1v) is 20.5. The molecule has 1 aliphatic rings. The molecule has 0 unspecified atom stereocenters. The average Bonchev–Trinajstić information content (AvgIpc) is 3.98. The molecule has 58 heavy (non-hydrogen) atoms. The lowest BCUT2D eigenvalue weighted by Crippen LogP contribution is -2.09. The van der Waals surface area contributed by atoms with Crippen molar-refractivity contribution < 1.29 is 8.83 Å². The van der Waals surface area contributed by atoms with E-state index >= 15 is 0 Å². The molecule has 1 aliphatic carbocycles. The molecule has 0 spiro atoms. The van der Waals surface area contributed by atoms with Gasteiger partial charge in [-0.05, 0) is 108 Å². The van der Waals surface area contributed by atoms with E-state index in [0.29, 0.717) is 0 Å². The Morgan fingerprint density at radius 1 is 0.483 bits per heavy atom. The number of nitrogens with zero attached hydrogens (tertiary/aromatic N) is 2. The van der Waals surface area contributed by atoms with Gasteiger partial charge in [-0.1, -0.05) is 97.1 Å². The number of thiophene rings is 1. The molecule has 7 aromatic carbocycles. The minimum Gasteiger partial charge on any atom is -0.460 e. The van der Waals surface area contributed by atoms with E-state index < -0.39 is 0 Å². The van der Waals surface area contributed by atoms with Gasteiger partial charge in [0.05, 0.1) is 5.69 Å². The molecule has 0 saturated carbocycles. The topological polar surface area (TPSA) is 42.4 Å². The highest BCUT2D eigenvalue weighted by molar-refractivity contribution is 7.25. The first-order valence-electron chi connectivity index (χ1n) is 19.7. The molecule has 0 radical (unpaired) electrons. The quantitative estimate of drug-likeness (QED) is 0.169. The van der Waals surface area contributed by atoms with Gasteiger partial charge in [0.1, 0.15) is 22.5 Å². The normalized spacial score (nSPS) is 12.6. The molecule has 4 heterocycles. The first-order chi connectivity index (χ1) is 28.7. The van der Waals surface area contributed by atoms with Crippen molar-refractivity contribution in [1.82, 2.24) is 4.98 Å². The molecular formula is C53H34N2O2S. The van der Waals surface area contributed by atoms with Crippen molar-refractivity contribution in [2.45, 2.75) is 12.8 Å². The summed E-state index contributed by atoms with van der Waals surface area (Å²) < 4.78 is 15.1. The van der Waals surface area contributed by atoms with E-state index in [4.69, 9.17) is 13.8 Å². The molecular weight excluding hydrogens is 729 g/mol. The van der Waals surface area contributed by atoms with Gasteiger partial charge in [-0.25, -0.2) is 0 Å². The van der Waals surface area contributed by atoms with Gasteiger partial charge in [-0.15, -0.1) is 11.3 Å². The van der Waals surface area contributed by atoms with Gasteiger partial charge < -0.3 is 13.7 Å². The smallest absolute Gasteiger partial charge is 0.136 e. The van der Waals surface area contributed by atoms with Crippen LogP contribution in [-0.2, 0) is 6.42 Å². The maximum atomic E-state index is 6.32. The number of aromatic nitrogens is 1. The second-order valence-corrected chi connectivity index (χ2v) is 16.1. The van der Waals surface area contributed by atoms with Crippen molar-refractivity contribution in [2.75, 3.05) is 4.90 Å². The molecule has 0 bridgehead atoms. The molecule has 11 aromatic rings. The lowest BCUT2D eigenvalue weighted by molar-refractivity contribution is 0.546. The Bertz CT molecular complexity index is 3390. The zero-order chi connectivity index (χ0) is 38.2. The Morgan fingerprint density at radius 3 is 1.79 bits per heavy atom. The van der Waals surface area contributed by atoms with E-state index in [2.05, 4.69) is 169 Å². The summed E-state index contributed by atoms with van der Waals surface area (Å²) in [5.74, 6) is 1.09. The number of anilines is 3. The third-order valence-corrected chi connectivity index (χ3v) is 12.7. The van der Waals surface area contributed by atoms with Gasteiger partial charge in [0.2, 0.25) is 0 Å². The van der Waals surface area contributed by atoms with E-state index in [9.17, 15) is 0 Å². The number of benzene rings is 7. The molecule has 0 saturated heterocycles. The van der Waals surface area contributed by atoms with Crippen LogP contribution >= 0.6 is 11.3 Å². The minimum atomic E-state index is 0.896. The van der Waals surface area contributed by atoms with Gasteiger partial charge in [-0.2, -0.15) is 0 Å². The first kappa shape index (κ1) is 33.0. The van der Waals surface area contributed by atoms with Crippen molar-refractivity contribution in [3.63, 3.8) is 0 Å². The average molecular weight is 763 g/mol. The Balaban J connectivity index is 0.926. The van der Waals surface area contributed by atoms with E-state index in [1.54, 1.807) is 0 Å². The summed E-state index contributed by atoms with van der Waals surface area (Å²) in [5, 5.41) is 5.91. The number of aryl methyl sites for hydroxylation is 1. The molecule has 4 aromatic heterocycles. The molecule has 4 nitrogen and oxygen atoms in total. The highest BCUT2D eigenvalue weighted by Crippen LogP contribution is 2.42. The van der Waals surface area contributed by atoms with Gasteiger partial charge in [0.25, 0.3) is 0 Å². The third-order valence-electron chi connectivity index (χ3n) is 11.6. The van der Waals surface area contributed by atoms with Crippen molar-refractivity contribution in [3.8, 4) is 33.5 Å². The lowest BCUT2D eigenvalue weighted by atomic mass is 9.99. The van der Waals surface area contributed by atoms with Gasteiger partial charge in [0, 0.05) is 77.1 Å². The molecule has 5 heteroatoms. The third kappa shape index (κ3) is 5.39. The number of allylic oxidation sites excluding steroid dienone is 1. The van der Waals surface area contributed by atoms with Crippen LogP contribution < -0.4 is 4.90 Å². The van der Waals surface area contributed by atoms with E-state index in [-0.39, 0.29) is 0 Å². The van der Waals surface area contributed by atoms with Crippen LogP contribution in [0.5, 0.6) is 0 Å². The van der Waals surface area contributed by atoms with E-state index in [0.717, 1.165) is 96.7 Å². The SMILES string of the molecule is C1=Cc2c(oc3cc(-c4ccc(N(c5ccc(-c6ccc7c(c6)oc6ccccc67)cc5)c5ccc(-c6nccc7sc8ccccc8c67)cc5)cc4)ccc23)CC1. The van der Waals surface area contributed by atoms with Crippen molar-refractivity contribution >= 4 is 87.6 Å². The Morgan fingerprint density at radius 2 is 1.07 bits per heavy atom. The molecule has 274 valence electrons. The van der Waals surface area contributed by atoms with Crippen molar-refractivity contribution in [3.05, 3.63) is 187 Å². The molecule has 0 fully saturated rings. The largest absolute Gasteiger partial charge is 0.460 e. The molecule has 0 N–H and O–H groups in total. The second-order valence-electron chi connectivity index (χ2n) is 15.0. The van der Waals surface area contributed by atoms with Crippen LogP contribution in [0.25, 0.3) is 92.7 Å². The monoisotopic (exact) mass is 762 g/mol. The molecule has 12 rings (SSSR count). The van der Waals surface area contributed by atoms with Crippen LogP contribution in [0.4, 0.5) is 17.1 Å². The molecule has 0 amide bonds. The fraction of sp³-hybridized carbons (Fsp3) is 0.0377. The number of rotatable bonds is 6. The number of furan rings is 2. The minimum absolute atomic E-state index is 0.896. The van der Waals surface area contributed by atoms with Crippen LogP contribution in [-0.4, -0.2) is 4.98 Å². The summed E-state index contributed by atoms with van der Waals surface area (Å²) in [7, 11) is 0. The zero-order valence-electron chi connectivity index (χ0n) is 31.4.